The standard InChI is InChI=1S/C23H16ClN3O5/c24-15-7-5-6-14(12-15)13-20(21(28)25-18-10-3-4-11-19(18)27(31)32)26-22(29)16-8-1-2-9-17(16)23(26)30/h1-12,20H,13H2,(H,25,28). The number of rotatable bonds is 6. The average molecular weight is 450 g/mol. The number of nitro benzene ring substituents is 1. The predicted octanol–water partition coefficient (Wildman–Crippen LogP) is 4.09. The Kier molecular flexibility index (Phi) is 5.70. The van der Waals surface area contributed by atoms with Crippen molar-refractivity contribution in [2.45, 2.75) is 12.5 Å². The molecule has 0 spiro atoms. The molecular weight excluding hydrogens is 434 g/mol. The van der Waals surface area contributed by atoms with Gasteiger partial charge in [0, 0.05) is 17.5 Å². The van der Waals surface area contributed by atoms with Crippen molar-refractivity contribution < 1.29 is 19.3 Å². The van der Waals surface area contributed by atoms with E-state index in [2.05, 4.69) is 5.32 Å². The monoisotopic (exact) mass is 449 g/mol. The number of carbonyl (C=O) groups is 3. The number of fused-ring (bicyclic) bond motifs is 1. The Morgan fingerprint density at radius 2 is 1.59 bits per heavy atom. The van der Waals surface area contributed by atoms with Crippen LogP contribution in [0.5, 0.6) is 0 Å². The Morgan fingerprint density at radius 1 is 0.969 bits per heavy atom. The van der Waals surface area contributed by atoms with E-state index < -0.39 is 28.7 Å². The molecule has 0 saturated carbocycles. The van der Waals surface area contributed by atoms with E-state index in [1.54, 1.807) is 36.4 Å². The third-order valence-corrected chi connectivity index (χ3v) is 5.35. The van der Waals surface area contributed by atoms with Gasteiger partial charge >= 0.3 is 0 Å². The maximum absolute atomic E-state index is 13.3. The first-order valence-electron chi connectivity index (χ1n) is 9.62. The molecule has 32 heavy (non-hydrogen) atoms. The van der Waals surface area contributed by atoms with Crippen molar-refractivity contribution >= 4 is 40.7 Å². The number of hydrogen-bond donors (Lipinski definition) is 1. The van der Waals surface area contributed by atoms with Crippen molar-refractivity contribution in [2.24, 2.45) is 0 Å². The first-order chi connectivity index (χ1) is 15.4. The second-order valence-corrected chi connectivity index (χ2v) is 7.58. The third kappa shape index (κ3) is 3.95. The molecular formula is C23H16ClN3O5. The van der Waals surface area contributed by atoms with E-state index in [1.807, 2.05) is 0 Å². The molecule has 4 rings (SSSR count). The van der Waals surface area contributed by atoms with E-state index in [4.69, 9.17) is 11.6 Å². The van der Waals surface area contributed by atoms with E-state index in [-0.39, 0.29) is 28.9 Å². The summed E-state index contributed by atoms with van der Waals surface area (Å²) in [7, 11) is 0. The predicted molar refractivity (Wildman–Crippen MR) is 118 cm³/mol. The van der Waals surface area contributed by atoms with Gasteiger partial charge in [-0.25, -0.2) is 0 Å². The lowest BCUT2D eigenvalue weighted by atomic mass is 10.0. The SMILES string of the molecule is O=C(Nc1ccccc1[N+](=O)[O-])C(Cc1cccc(Cl)c1)N1C(=O)c2ccccc2C1=O. The summed E-state index contributed by atoms with van der Waals surface area (Å²) in [6.45, 7) is 0. The number of imide groups is 1. The van der Waals surface area contributed by atoms with Crippen LogP contribution in [0.15, 0.2) is 72.8 Å². The molecule has 0 radical (unpaired) electrons. The summed E-state index contributed by atoms with van der Waals surface area (Å²) in [6.07, 6.45) is -0.0154. The first-order valence-corrected chi connectivity index (χ1v) is 10.0. The summed E-state index contributed by atoms with van der Waals surface area (Å²) in [6, 6.07) is 17.4. The van der Waals surface area contributed by atoms with Crippen molar-refractivity contribution in [2.75, 3.05) is 5.32 Å². The van der Waals surface area contributed by atoms with Gasteiger partial charge in [-0.2, -0.15) is 0 Å². The highest BCUT2D eigenvalue weighted by atomic mass is 35.5. The van der Waals surface area contributed by atoms with Gasteiger partial charge in [-0.1, -0.05) is 48.0 Å². The van der Waals surface area contributed by atoms with Crippen LogP contribution in [0.3, 0.4) is 0 Å². The number of nitrogens with zero attached hydrogens (tertiary/aromatic N) is 2. The zero-order valence-corrected chi connectivity index (χ0v) is 17.3. The van der Waals surface area contributed by atoms with Gasteiger partial charge in [0.05, 0.1) is 16.1 Å². The van der Waals surface area contributed by atoms with E-state index in [9.17, 15) is 24.5 Å². The molecule has 0 saturated heterocycles. The Balaban J connectivity index is 1.72. The Morgan fingerprint density at radius 3 is 2.22 bits per heavy atom. The van der Waals surface area contributed by atoms with Crippen molar-refractivity contribution in [1.82, 2.24) is 4.90 Å². The van der Waals surface area contributed by atoms with Gasteiger partial charge in [-0.05, 0) is 35.9 Å². The maximum atomic E-state index is 13.3. The fourth-order valence-corrected chi connectivity index (χ4v) is 3.85. The highest BCUT2D eigenvalue weighted by Gasteiger charge is 2.43. The van der Waals surface area contributed by atoms with Crippen molar-refractivity contribution in [1.29, 1.82) is 0 Å². The highest BCUT2D eigenvalue weighted by molar-refractivity contribution is 6.30. The molecule has 3 aromatic rings. The Bertz CT molecular complexity index is 1220. The number of amides is 3. The van der Waals surface area contributed by atoms with Crippen LogP contribution in [0.2, 0.25) is 5.02 Å². The Labute approximate surface area is 187 Å². The number of para-hydroxylation sites is 2. The van der Waals surface area contributed by atoms with Crippen molar-refractivity contribution in [3.05, 3.63) is 105 Å². The van der Waals surface area contributed by atoms with Crippen molar-refractivity contribution in [3.63, 3.8) is 0 Å². The molecule has 0 bridgehead atoms. The Hall–Kier alpha value is -4.04. The number of hydrogen-bond acceptors (Lipinski definition) is 5. The molecule has 1 atom stereocenters. The molecule has 0 fully saturated rings. The van der Waals surface area contributed by atoms with Gasteiger partial charge in [0.15, 0.2) is 0 Å². The number of benzene rings is 3. The van der Waals surface area contributed by atoms with Crippen LogP contribution in [-0.2, 0) is 11.2 Å². The van der Waals surface area contributed by atoms with Gasteiger partial charge in [0.1, 0.15) is 11.7 Å². The highest BCUT2D eigenvalue weighted by Crippen LogP contribution is 2.28. The number of nitrogens with one attached hydrogen (secondary N) is 1. The average Bonchev–Trinajstić information content (AvgIpc) is 3.03. The molecule has 1 unspecified atom stereocenters. The largest absolute Gasteiger partial charge is 0.319 e. The van der Waals surface area contributed by atoms with Crippen LogP contribution in [-0.4, -0.2) is 33.6 Å². The van der Waals surface area contributed by atoms with Gasteiger partial charge in [-0.3, -0.25) is 29.4 Å². The second-order valence-electron chi connectivity index (χ2n) is 7.14. The van der Waals surface area contributed by atoms with Crippen molar-refractivity contribution in [3.8, 4) is 0 Å². The van der Waals surface area contributed by atoms with E-state index in [0.717, 1.165) is 4.90 Å². The van der Waals surface area contributed by atoms with Crippen LogP contribution in [0.4, 0.5) is 11.4 Å². The molecule has 1 aliphatic heterocycles. The number of carbonyl (C=O) groups excluding carboxylic acids is 3. The molecule has 160 valence electrons. The number of halogens is 1. The van der Waals surface area contributed by atoms with E-state index in [1.165, 1.54) is 36.4 Å². The molecule has 1 aliphatic rings. The second kappa shape index (κ2) is 8.60. The molecule has 0 aromatic heterocycles. The van der Waals surface area contributed by atoms with Crippen LogP contribution < -0.4 is 5.32 Å². The maximum Gasteiger partial charge on any atom is 0.292 e. The lowest BCUT2D eigenvalue weighted by Gasteiger charge is -2.25. The number of nitro groups is 1. The van der Waals surface area contributed by atoms with Gasteiger partial charge in [0.25, 0.3) is 17.5 Å². The minimum atomic E-state index is -1.25. The zero-order chi connectivity index (χ0) is 22.8. The molecule has 8 nitrogen and oxygen atoms in total. The summed E-state index contributed by atoms with van der Waals surface area (Å²) in [5.74, 6) is -1.93. The lowest BCUT2D eigenvalue weighted by molar-refractivity contribution is -0.383. The van der Waals surface area contributed by atoms with Gasteiger partial charge in [0.2, 0.25) is 5.91 Å². The summed E-state index contributed by atoms with van der Waals surface area (Å²) in [5, 5.41) is 14.3. The van der Waals surface area contributed by atoms with Gasteiger partial charge < -0.3 is 5.32 Å². The first kappa shape index (κ1) is 21.2. The zero-order valence-electron chi connectivity index (χ0n) is 16.5. The number of anilines is 1. The third-order valence-electron chi connectivity index (χ3n) is 5.12. The molecule has 3 aromatic carbocycles. The summed E-state index contributed by atoms with van der Waals surface area (Å²) < 4.78 is 0. The molecule has 9 heteroatoms. The topological polar surface area (TPSA) is 110 Å². The van der Waals surface area contributed by atoms with E-state index >= 15 is 0 Å². The lowest BCUT2D eigenvalue weighted by Crippen LogP contribution is -2.48. The normalized spacial score (nSPS) is 13.6. The molecule has 1 N–H and O–H groups in total. The van der Waals surface area contributed by atoms with Gasteiger partial charge in [-0.15, -0.1) is 0 Å². The minimum absolute atomic E-state index is 0.0154. The summed E-state index contributed by atoms with van der Waals surface area (Å²) in [4.78, 5) is 51.0. The quantitative estimate of drug-likeness (QED) is 0.346. The molecule has 1 heterocycles. The summed E-state index contributed by atoms with van der Waals surface area (Å²) in [5.41, 5.74) is 0.691. The smallest absolute Gasteiger partial charge is 0.292 e. The molecule has 0 aliphatic carbocycles. The fourth-order valence-electron chi connectivity index (χ4n) is 3.63. The van der Waals surface area contributed by atoms with Crippen LogP contribution in [0.25, 0.3) is 0 Å². The molecule has 3 amide bonds. The van der Waals surface area contributed by atoms with Crippen LogP contribution >= 0.6 is 11.6 Å². The van der Waals surface area contributed by atoms with Crippen LogP contribution in [0, 0.1) is 10.1 Å². The van der Waals surface area contributed by atoms with E-state index in [0.29, 0.717) is 10.6 Å². The summed E-state index contributed by atoms with van der Waals surface area (Å²) >= 11 is 6.06. The fraction of sp³-hybridized carbons (Fsp3) is 0.0870. The van der Waals surface area contributed by atoms with Crippen LogP contribution in [0.1, 0.15) is 26.3 Å². The minimum Gasteiger partial charge on any atom is -0.319 e.